The molecule has 0 aromatic heterocycles. The van der Waals surface area contributed by atoms with Crippen LogP contribution in [0.4, 0.5) is 0 Å². The van der Waals surface area contributed by atoms with Crippen molar-refractivity contribution < 1.29 is 4.79 Å². The van der Waals surface area contributed by atoms with Crippen molar-refractivity contribution in [3.8, 4) is 0 Å². The van der Waals surface area contributed by atoms with Crippen molar-refractivity contribution in [1.29, 1.82) is 0 Å². The molecule has 0 heterocycles. The van der Waals surface area contributed by atoms with Crippen molar-refractivity contribution in [1.82, 2.24) is 4.90 Å². The summed E-state index contributed by atoms with van der Waals surface area (Å²) in [4.78, 5) is 14.3. The van der Waals surface area contributed by atoms with Gasteiger partial charge in [0.15, 0.2) is 0 Å². The molecule has 1 atom stereocenters. The Kier molecular flexibility index (Phi) is 5.38. The van der Waals surface area contributed by atoms with E-state index in [1.165, 1.54) is 5.56 Å². The largest absolute Gasteiger partial charge is 0.289 e. The number of hydrogen-bond donors (Lipinski definition) is 0. The summed E-state index contributed by atoms with van der Waals surface area (Å²) in [5.74, 6) is 0. The van der Waals surface area contributed by atoms with E-state index in [-0.39, 0.29) is 5.41 Å². The van der Waals surface area contributed by atoms with E-state index in [4.69, 9.17) is 0 Å². The minimum absolute atomic E-state index is 0.228. The third kappa shape index (κ3) is 3.89. The second-order valence-electron chi connectivity index (χ2n) is 7.22. The van der Waals surface area contributed by atoms with E-state index in [1.807, 2.05) is 43.4 Å². The van der Waals surface area contributed by atoms with Crippen LogP contribution in [0.5, 0.6) is 0 Å². The fraction of sp³-hybridized carbons (Fsp3) is 0.381. The van der Waals surface area contributed by atoms with Crippen LogP contribution < -0.4 is 0 Å². The Morgan fingerprint density at radius 2 is 1.35 bits per heavy atom. The van der Waals surface area contributed by atoms with Crippen molar-refractivity contribution in [3.05, 3.63) is 71.8 Å². The molecule has 2 rings (SSSR count). The van der Waals surface area contributed by atoms with Crippen LogP contribution >= 0.6 is 0 Å². The zero-order valence-electron chi connectivity index (χ0n) is 14.5. The lowest BCUT2D eigenvalue weighted by Gasteiger charge is -2.46. The molecule has 2 nitrogen and oxygen atoms in total. The Balaban J connectivity index is 2.34. The molecule has 0 fully saturated rings. The van der Waals surface area contributed by atoms with Crippen LogP contribution in [0.1, 0.15) is 31.9 Å². The van der Waals surface area contributed by atoms with Crippen LogP contribution in [0.15, 0.2) is 60.7 Å². The molecule has 121 valence electrons. The van der Waals surface area contributed by atoms with Crippen LogP contribution in [0.25, 0.3) is 0 Å². The summed E-state index contributed by atoms with van der Waals surface area (Å²) >= 11 is 0. The zero-order valence-corrected chi connectivity index (χ0v) is 14.5. The van der Waals surface area contributed by atoms with E-state index in [0.29, 0.717) is 6.42 Å². The summed E-state index contributed by atoms with van der Waals surface area (Å²) in [5.41, 5.74) is 1.45. The number of rotatable bonds is 6. The highest BCUT2D eigenvalue weighted by Crippen LogP contribution is 2.37. The molecule has 0 N–H and O–H groups in total. The number of benzene rings is 2. The zero-order chi connectivity index (χ0) is 16.9. The van der Waals surface area contributed by atoms with Crippen LogP contribution in [0, 0.1) is 5.41 Å². The quantitative estimate of drug-likeness (QED) is 0.795. The average molecular weight is 308 g/mol. The lowest BCUT2D eigenvalue weighted by Crippen LogP contribution is -2.58. The Labute approximate surface area is 140 Å². The van der Waals surface area contributed by atoms with Crippen molar-refractivity contribution >= 4 is 6.29 Å². The smallest absolute Gasteiger partial charge is 0.221 e. The van der Waals surface area contributed by atoms with Gasteiger partial charge in [-0.1, -0.05) is 81.4 Å². The summed E-state index contributed by atoms with van der Waals surface area (Å²) < 4.78 is 0. The third-order valence-corrected chi connectivity index (χ3v) is 4.63. The fourth-order valence-electron chi connectivity index (χ4n) is 3.12. The monoisotopic (exact) mass is 308 g/mol. The van der Waals surface area contributed by atoms with Crippen molar-refractivity contribution in [2.24, 2.45) is 5.41 Å². The van der Waals surface area contributed by atoms with E-state index in [9.17, 15) is 4.79 Å². The lowest BCUT2D eigenvalue weighted by molar-refractivity contribution is 0.0626. The highest BCUT2D eigenvalue weighted by Gasteiger charge is 2.46. The summed E-state index contributed by atoms with van der Waals surface area (Å²) in [6.45, 7) is 7.06. The molecule has 0 bridgehead atoms. The normalized spacial score (nSPS) is 14.5. The van der Waals surface area contributed by atoms with E-state index in [1.54, 1.807) is 0 Å². The first kappa shape index (κ1) is 17.4. The maximum absolute atomic E-state index is 12.1. The van der Waals surface area contributed by atoms with Gasteiger partial charge in [0, 0.05) is 6.54 Å². The molecular weight excluding hydrogens is 282 g/mol. The second kappa shape index (κ2) is 7.10. The van der Waals surface area contributed by atoms with Crippen molar-refractivity contribution in [3.63, 3.8) is 0 Å². The Hall–Kier alpha value is -1.93. The van der Waals surface area contributed by atoms with Gasteiger partial charge < -0.3 is 0 Å². The standard InChI is InChI=1S/C21H26NO/c1-20(2,3)21(17-23,15-18-11-7-5-8-12-18)22(4)16-19-13-9-6-10-14-19/h5-14H,15-16H2,1-4H3/t21-/m0/s1. The van der Waals surface area contributed by atoms with Gasteiger partial charge in [0.1, 0.15) is 0 Å². The van der Waals surface area contributed by atoms with E-state index >= 15 is 0 Å². The van der Waals surface area contributed by atoms with Crippen LogP contribution in [-0.2, 0) is 17.8 Å². The second-order valence-corrected chi connectivity index (χ2v) is 7.22. The van der Waals surface area contributed by atoms with Crippen LogP contribution in [-0.4, -0.2) is 23.8 Å². The lowest BCUT2D eigenvalue weighted by atomic mass is 9.70. The van der Waals surface area contributed by atoms with Gasteiger partial charge in [-0.25, -0.2) is 0 Å². The van der Waals surface area contributed by atoms with Crippen LogP contribution in [0.2, 0.25) is 0 Å². The molecule has 0 aliphatic carbocycles. The van der Waals surface area contributed by atoms with Gasteiger partial charge in [-0.2, -0.15) is 0 Å². The van der Waals surface area contributed by atoms with Gasteiger partial charge in [0.05, 0.1) is 5.54 Å². The van der Waals surface area contributed by atoms with Crippen LogP contribution in [0.3, 0.4) is 0 Å². The topological polar surface area (TPSA) is 20.3 Å². The van der Waals surface area contributed by atoms with Gasteiger partial charge in [0.25, 0.3) is 0 Å². The highest BCUT2D eigenvalue weighted by molar-refractivity contribution is 5.67. The summed E-state index contributed by atoms with van der Waals surface area (Å²) in [7, 11) is 2.02. The first-order valence-electron chi connectivity index (χ1n) is 8.07. The summed E-state index contributed by atoms with van der Waals surface area (Å²) in [5, 5.41) is 0. The first-order chi connectivity index (χ1) is 10.9. The van der Waals surface area contributed by atoms with Gasteiger partial charge in [-0.15, -0.1) is 0 Å². The van der Waals surface area contributed by atoms with E-state index in [2.05, 4.69) is 56.2 Å². The molecule has 0 saturated heterocycles. The molecule has 1 radical (unpaired) electrons. The van der Waals surface area contributed by atoms with Crippen molar-refractivity contribution in [2.45, 2.75) is 39.3 Å². The van der Waals surface area contributed by atoms with E-state index < -0.39 is 5.54 Å². The van der Waals surface area contributed by atoms with E-state index in [0.717, 1.165) is 12.1 Å². The molecule has 2 heteroatoms. The predicted octanol–water partition coefficient (Wildman–Crippen LogP) is 4.26. The SMILES string of the molecule is CN(Cc1ccccc1)[C@]([C]=O)(Cc1ccccc1)C(C)(C)C. The number of nitrogens with zero attached hydrogens (tertiary/aromatic N) is 1. The predicted molar refractivity (Wildman–Crippen MR) is 95.9 cm³/mol. The molecule has 2 aromatic carbocycles. The Morgan fingerprint density at radius 3 is 1.78 bits per heavy atom. The summed E-state index contributed by atoms with van der Waals surface area (Å²) in [6, 6.07) is 20.5. The molecule has 0 spiro atoms. The summed E-state index contributed by atoms with van der Waals surface area (Å²) in [6.07, 6.45) is 3.06. The molecule has 23 heavy (non-hydrogen) atoms. The van der Waals surface area contributed by atoms with Crippen molar-refractivity contribution in [2.75, 3.05) is 7.05 Å². The maximum Gasteiger partial charge on any atom is 0.221 e. The molecule has 0 amide bonds. The Morgan fingerprint density at radius 1 is 0.870 bits per heavy atom. The van der Waals surface area contributed by atoms with Gasteiger partial charge in [0.2, 0.25) is 6.29 Å². The third-order valence-electron chi connectivity index (χ3n) is 4.63. The fourth-order valence-corrected chi connectivity index (χ4v) is 3.12. The van der Waals surface area contributed by atoms with Gasteiger partial charge in [-0.05, 0) is 30.0 Å². The number of likely N-dealkylation sites (N-methyl/N-ethyl adjacent to an activating group) is 1. The average Bonchev–Trinajstić information content (AvgIpc) is 2.53. The molecule has 0 aliphatic heterocycles. The van der Waals surface area contributed by atoms with Gasteiger partial charge in [-0.3, -0.25) is 9.69 Å². The molecule has 0 saturated carbocycles. The molecule has 0 unspecified atom stereocenters. The number of hydrogen-bond acceptors (Lipinski definition) is 2. The number of carbonyl (C=O) groups excluding carboxylic acids is 1. The maximum atomic E-state index is 12.1. The minimum Gasteiger partial charge on any atom is -0.289 e. The van der Waals surface area contributed by atoms with Gasteiger partial charge >= 0.3 is 0 Å². The Bertz CT molecular complexity index is 615. The minimum atomic E-state index is -0.676. The highest BCUT2D eigenvalue weighted by atomic mass is 16.1. The first-order valence-corrected chi connectivity index (χ1v) is 8.07. The molecular formula is C21H26NO. The molecule has 2 aromatic rings. The molecule has 0 aliphatic rings.